The minimum atomic E-state index is -0.349. The number of hydrogen-bond acceptors (Lipinski definition) is 5. The third-order valence-corrected chi connectivity index (χ3v) is 4.32. The first-order chi connectivity index (χ1) is 14.3. The maximum atomic E-state index is 12.4. The van der Waals surface area contributed by atoms with E-state index in [1.165, 1.54) is 4.90 Å². The molecule has 0 aliphatic rings. The number of nitrogens with zero attached hydrogens (tertiary/aromatic N) is 4. The van der Waals surface area contributed by atoms with E-state index >= 15 is 0 Å². The third-order valence-electron chi connectivity index (χ3n) is 4.32. The molecule has 0 aliphatic carbocycles. The van der Waals surface area contributed by atoms with E-state index in [9.17, 15) is 14.9 Å². The van der Waals surface area contributed by atoms with Gasteiger partial charge in [0.2, 0.25) is 0 Å². The number of hydrogen-bond donors (Lipinski definition) is 2. The van der Waals surface area contributed by atoms with E-state index in [0.29, 0.717) is 22.4 Å². The number of fused-ring (bicyclic) bond motifs is 1. The lowest BCUT2D eigenvalue weighted by Crippen LogP contribution is -2.29. The van der Waals surface area contributed by atoms with Gasteiger partial charge < -0.3 is 15.2 Å². The van der Waals surface area contributed by atoms with Gasteiger partial charge in [-0.1, -0.05) is 24.3 Å². The molecule has 8 heteroatoms. The highest BCUT2D eigenvalue weighted by Gasteiger charge is 2.16. The maximum Gasteiger partial charge on any atom is 0.264 e. The van der Waals surface area contributed by atoms with Crippen LogP contribution in [-0.4, -0.2) is 51.8 Å². The van der Waals surface area contributed by atoms with Crippen molar-refractivity contribution in [3.8, 4) is 17.3 Å². The predicted molar refractivity (Wildman–Crippen MR) is 114 cm³/mol. The lowest BCUT2D eigenvalue weighted by Gasteiger charge is -2.08. The molecule has 0 bridgehead atoms. The minimum Gasteiger partial charge on any atom is -0.350 e. The van der Waals surface area contributed by atoms with Crippen LogP contribution < -0.4 is 5.32 Å². The van der Waals surface area contributed by atoms with Gasteiger partial charge in [-0.05, 0) is 25.5 Å². The highest BCUT2D eigenvalue weighted by molar-refractivity contribution is 6.05. The Bertz CT molecular complexity index is 1170. The van der Waals surface area contributed by atoms with Crippen molar-refractivity contribution < 1.29 is 9.59 Å². The molecule has 2 aromatic heterocycles. The number of amides is 2. The lowest BCUT2D eigenvalue weighted by molar-refractivity contribution is -0.124. The van der Waals surface area contributed by atoms with E-state index in [1.54, 1.807) is 44.7 Å². The molecule has 2 heterocycles. The van der Waals surface area contributed by atoms with E-state index in [1.807, 2.05) is 32.0 Å². The lowest BCUT2D eigenvalue weighted by atomic mass is 10.1. The van der Waals surface area contributed by atoms with Crippen molar-refractivity contribution in [3.05, 3.63) is 53.4 Å². The zero-order chi connectivity index (χ0) is 21.8. The second-order valence-corrected chi connectivity index (χ2v) is 7.27. The number of nitriles is 1. The fourth-order valence-corrected chi connectivity index (χ4v) is 2.84. The summed E-state index contributed by atoms with van der Waals surface area (Å²) < 4.78 is 0. The number of rotatable bonds is 5. The summed E-state index contributed by atoms with van der Waals surface area (Å²) in [4.78, 5) is 37.7. The fraction of sp³-hybridized carbons (Fsp3) is 0.227. The van der Waals surface area contributed by atoms with Crippen LogP contribution in [-0.2, 0) is 4.79 Å². The molecule has 3 aromatic rings. The van der Waals surface area contributed by atoms with Gasteiger partial charge in [-0.3, -0.25) is 9.59 Å². The second kappa shape index (κ2) is 8.57. The zero-order valence-corrected chi connectivity index (χ0v) is 17.2. The molecular formula is C22H22N6O2. The Kier molecular flexibility index (Phi) is 5.93. The number of aromatic amines is 1. The molecule has 3 rings (SSSR count). The van der Waals surface area contributed by atoms with Gasteiger partial charge in [-0.2, -0.15) is 5.26 Å². The summed E-state index contributed by atoms with van der Waals surface area (Å²) in [6.07, 6.45) is 4.77. The number of H-pyrrole nitrogens is 1. The summed E-state index contributed by atoms with van der Waals surface area (Å²) in [6.45, 7) is 3.79. The van der Waals surface area contributed by atoms with Crippen molar-refractivity contribution in [3.63, 3.8) is 0 Å². The molecule has 0 saturated heterocycles. The first kappa shape index (κ1) is 20.7. The van der Waals surface area contributed by atoms with Crippen molar-refractivity contribution in [2.75, 3.05) is 14.1 Å². The van der Waals surface area contributed by atoms with Crippen LogP contribution in [0.5, 0.6) is 0 Å². The van der Waals surface area contributed by atoms with Crippen molar-refractivity contribution in [2.45, 2.75) is 19.9 Å². The summed E-state index contributed by atoms with van der Waals surface area (Å²) >= 11 is 0. The summed E-state index contributed by atoms with van der Waals surface area (Å²) in [7, 11) is 3.20. The average molecular weight is 402 g/mol. The Balaban J connectivity index is 1.92. The summed E-state index contributed by atoms with van der Waals surface area (Å²) in [6, 6.07) is 9.20. The van der Waals surface area contributed by atoms with Crippen LogP contribution in [0.3, 0.4) is 0 Å². The summed E-state index contributed by atoms with van der Waals surface area (Å²) in [5.41, 5.74) is 3.66. The number of carbonyl (C=O) groups is 2. The van der Waals surface area contributed by atoms with Crippen LogP contribution in [0.25, 0.3) is 28.5 Å². The number of likely N-dealkylation sites (N-methyl/N-ethyl adjacent to an activating group) is 1. The molecule has 1 aromatic carbocycles. The van der Waals surface area contributed by atoms with E-state index in [0.717, 1.165) is 11.1 Å². The molecule has 0 spiro atoms. The van der Waals surface area contributed by atoms with E-state index < -0.39 is 0 Å². The van der Waals surface area contributed by atoms with Crippen LogP contribution in [0.15, 0.2) is 42.2 Å². The van der Waals surface area contributed by atoms with Gasteiger partial charge in [0.1, 0.15) is 17.2 Å². The van der Waals surface area contributed by atoms with Crippen LogP contribution >= 0.6 is 0 Å². The molecule has 0 unspecified atom stereocenters. The standard InChI is InChI=1S/C22H22N6O2/c1-13(2)26-21(29)17-11-24-20-19(17)27-18(12-25-20)15-7-5-14(6-8-15)9-16(10-23)22(30)28(3)4/h5-9,11-13H,1-4H3,(H,24,25)(H,26,29). The first-order valence-electron chi connectivity index (χ1n) is 9.39. The summed E-state index contributed by atoms with van der Waals surface area (Å²) in [5, 5.41) is 12.1. The first-order valence-corrected chi connectivity index (χ1v) is 9.39. The molecule has 152 valence electrons. The molecule has 8 nitrogen and oxygen atoms in total. The average Bonchev–Trinajstić information content (AvgIpc) is 3.14. The van der Waals surface area contributed by atoms with Gasteiger partial charge in [-0.25, -0.2) is 9.97 Å². The normalized spacial score (nSPS) is 11.4. The number of benzene rings is 1. The third kappa shape index (κ3) is 4.36. The molecule has 2 N–H and O–H groups in total. The fourth-order valence-electron chi connectivity index (χ4n) is 2.84. The molecule has 30 heavy (non-hydrogen) atoms. The molecular weight excluding hydrogens is 380 g/mol. The largest absolute Gasteiger partial charge is 0.350 e. The highest BCUT2D eigenvalue weighted by Crippen LogP contribution is 2.22. The zero-order valence-electron chi connectivity index (χ0n) is 17.2. The highest BCUT2D eigenvalue weighted by atomic mass is 16.2. The molecule has 2 amide bonds. The molecule has 0 aliphatic heterocycles. The van der Waals surface area contributed by atoms with Gasteiger partial charge in [0.25, 0.3) is 11.8 Å². The Labute approximate surface area is 174 Å². The van der Waals surface area contributed by atoms with Crippen LogP contribution in [0.2, 0.25) is 0 Å². The van der Waals surface area contributed by atoms with Crippen LogP contribution in [0.1, 0.15) is 29.8 Å². The van der Waals surface area contributed by atoms with Crippen molar-refractivity contribution in [2.24, 2.45) is 0 Å². The predicted octanol–water partition coefficient (Wildman–Crippen LogP) is 2.76. The quantitative estimate of drug-likeness (QED) is 0.503. The smallest absolute Gasteiger partial charge is 0.264 e. The van der Waals surface area contributed by atoms with Crippen LogP contribution in [0.4, 0.5) is 0 Å². The van der Waals surface area contributed by atoms with Gasteiger partial charge in [0.05, 0.1) is 17.5 Å². The SMILES string of the molecule is CC(C)NC(=O)c1c[nH]c2ncc(-c3ccc(C=C(C#N)C(=O)N(C)C)cc3)nc12. The number of aromatic nitrogens is 3. The summed E-state index contributed by atoms with van der Waals surface area (Å²) in [5.74, 6) is -0.560. The number of nitrogens with one attached hydrogen (secondary N) is 2. The molecule has 0 atom stereocenters. The topological polar surface area (TPSA) is 115 Å². The Hall–Kier alpha value is -3.99. The molecule has 0 saturated carbocycles. The van der Waals surface area contributed by atoms with E-state index in [-0.39, 0.29) is 23.4 Å². The number of carbonyl (C=O) groups excluding carboxylic acids is 2. The Morgan fingerprint density at radius 3 is 2.53 bits per heavy atom. The van der Waals surface area contributed by atoms with Gasteiger partial charge in [0.15, 0.2) is 5.65 Å². The maximum absolute atomic E-state index is 12.4. The van der Waals surface area contributed by atoms with Gasteiger partial charge in [-0.15, -0.1) is 0 Å². The van der Waals surface area contributed by atoms with Gasteiger partial charge in [0, 0.05) is 31.9 Å². The van der Waals surface area contributed by atoms with Crippen molar-refractivity contribution in [1.82, 2.24) is 25.2 Å². The van der Waals surface area contributed by atoms with E-state index in [4.69, 9.17) is 0 Å². The minimum absolute atomic E-state index is 0.0110. The van der Waals surface area contributed by atoms with Crippen molar-refractivity contribution >= 4 is 29.1 Å². The Morgan fingerprint density at radius 1 is 1.23 bits per heavy atom. The van der Waals surface area contributed by atoms with Crippen LogP contribution in [0, 0.1) is 11.3 Å². The molecule has 0 fully saturated rings. The Morgan fingerprint density at radius 2 is 1.93 bits per heavy atom. The monoisotopic (exact) mass is 402 g/mol. The van der Waals surface area contributed by atoms with Crippen molar-refractivity contribution in [1.29, 1.82) is 5.26 Å². The van der Waals surface area contributed by atoms with Gasteiger partial charge >= 0.3 is 0 Å². The van der Waals surface area contributed by atoms with E-state index in [2.05, 4.69) is 20.3 Å². The second-order valence-electron chi connectivity index (χ2n) is 7.27. The molecule has 0 radical (unpaired) electrons.